The van der Waals surface area contributed by atoms with Crippen LogP contribution in [0.5, 0.6) is 0 Å². The second-order valence-corrected chi connectivity index (χ2v) is 5.82. The monoisotopic (exact) mass is 264 g/mol. The molecular formula is C18H20N2. The molecule has 20 heavy (non-hydrogen) atoms. The fourth-order valence-electron chi connectivity index (χ4n) is 3.45. The number of hydrogen-bond acceptors (Lipinski definition) is 2. The van der Waals surface area contributed by atoms with Gasteiger partial charge in [-0.1, -0.05) is 30.3 Å². The van der Waals surface area contributed by atoms with Crippen molar-refractivity contribution in [1.29, 1.82) is 0 Å². The molecule has 2 aliphatic rings. The summed E-state index contributed by atoms with van der Waals surface area (Å²) in [4.78, 5) is 2.53. The Bertz CT molecular complexity index is 633. The molecule has 0 spiro atoms. The van der Waals surface area contributed by atoms with E-state index in [-0.39, 0.29) is 0 Å². The largest absolute Gasteiger partial charge is 0.384 e. The van der Waals surface area contributed by atoms with Gasteiger partial charge in [0.1, 0.15) is 0 Å². The second-order valence-electron chi connectivity index (χ2n) is 5.82. The minimum atomic E-state index is 1.03. The van der Waals surface area contributed by atoms with Crippen LogP contribution < -0.4 is 10.2 Å². The molecule has 2 aliphatic heterocycles. The van der Waals surface area contributed by atoms with Crippen LogP contribution in [0.25, 0.3) is 0 Å². The molecule has 0 saturated heterocycles. The van der Waals surface area contributed by atoms with E-state index in [4.69, 9.17) is 0 Å². The van der Waals surface area contributed by atoms with Gasteiger partial charge in [0.2, 0.25) is 0 Å². The number of nitrogens with one attached hydrogen (secondary N) is 1. The van der Waals surface area contributed by atoms with E-state index in [1.807, 2.05) is 0 Å². The molecular weight excluding hydrogens is 244 g/mol. The average molecular weight is 264 g/mol. The van der Waals surface area contributed by atoms with Gasteiger partial charge in [0.25, 0.3) is 0 Å². The summed E-state index contributed by atoms with van der Waals surface area (Å²) in [6.07, 6.45) is 3.66. The Hall–Kier alpha value is -1.96. The molecule has 1 N–H and O–H groups in total. The maximum atomic E-state index is 3.43. The van der Waals surface area contributed by atoms with Gasteiger partial charge >= 0.3 is 0 Å². The third-order valence-corrected chi connectivity index (χ3v) is 4.46. The summed E-state index contributed by atoms with van der Waals surface area (Å²) in [5.74, 6) is 0. The van der Waals surface area contributed by atoms with Crippen LogP contribution in [-0.4, -0.2) is 13.1 Å². The van der Waals surface area contributed by atoms with E-state index in [9.17, 15) is 0 Å². The van der Waals surface area contributed by atoms with Crippen molar-refractivity contribution in [3.05, 3.63) is 59.2 Å². The fourth-order valence-corrected chi connectivity index (χ4v) is 3.45. The summed E-state index contributed by atoms with van der Waals surface area (Å²) in [6, 6.07) is 15.7. The van der Waals surface area contributed by atoms with Crippen molar-refractivity contribution in [2.24, 2.45) is 0 Å². The number of hydrogen-bond donors (Lipinski definition) is 1. The van der Waals surface area contributed by atoms with Crippen molar-refractivity contribution in [2.75, 3.05) is 23.3 Å². The van der Waals surface area contributed by atoms with Crippen LogP contribution in [0.2, 0.25) is 0 Å². The highest BCUT2D eigenvalue weighted by Gasteiger charge is 2.17. The van der Waals surface area contributed by atoms with Crippen molar-refractivity contribution < 1.29 is 0 Å². The molecule has 0 aliphatic carbocycles. The molecule has 0 unspecified atom stereocenters. The topological polar surface area (TPSA) is 15.3 Å². The third-order valence-electron chi connectivity index (χ3n) is 4.46. The standard InChI is InChI=1S/C18H20N2/c1-2-6-18-15(4-1)5-3-11-20(18)13-14-7-8-17-16(12-14)9-10-19-17/h1-2,4,6-8,12,19H,3,5,9-11,13H2. The fraction of sp³-hybridized carbons (Fsp3) is 0.333. The van der Waals surface area contributed by atoms with Crippen LogP contribution in [0.3, 0.4) is 0 Å². The first-order valence-corrected chi connectivity index (χ1v) is 7.59. The predicted molar refractivity (Wildman–Crippen MR) is 84.4 cm³/mol. The molecule has 0 fully saturated rings. The highest BCUT2D eigenvalue weighted by Crippen LogP contribution is 2.29. The Morgan fingerprint density at radius 3 is 2.95 bits per heavy atom. The van der Waals surface area contributed by atoms with E-state index >= 15 is 0 Å². The lowest BCUT2D eigenvalue weighted by molar-refractivity contribution is 0.691. The van der Waals surface area contributed by atoms with Crippen LogP contribution >= 0.6 is 0 Å². The van der Waals surface area contributed by atoms with E-state index in [0.717, 1.165) is 13.1 Å². The molecule has 0 radical (unpaired) electrons. The molecule has 2 aromatic carbocycles. The minimum absolute atomic E-state index is 1.03. The zero-order valence-corrected chi connectivity index (χ0v) is 11.7. The second kappa shape index (κ2) is 4.86. The van der Waals surface area contributed by atoms with Crippen LogP contribution in [0.15, 0.2) is 42.5 Å². The van der Waals surface area contributed by atoms with Crippen molar-refractivity contribution in [3.8, 4) is 0 Å². The molecule has 0 aromatic heterocycles. The molecule has 0 amide bonds. The van der Waals surface area contributed by atoms with E-state index < -0.39 is 0 Å². The molecule has 2 heterocycles. The first kappa shape index (κ1) is 11.8. The van der Waals surface area contributed by atoms with Gasteiger partial charge in [0.15, 0.2) is 0 Å². The summed E-state index contributed by atoms with van der Waals surface area (Å²) in [5.41, 5.74) is 7.17. The van der Waals surface area contributed by atoms with Gasteiger partial charge in [-0.15, -0.1) is 0 Å². The molecule has 0 saturated carbocycles. The summed E-state index contributed by atoms with van der Waals surface area (Å²) < 4.78 is 0. The summed E-state index contributed by atoms with van der Waals surface area (Å²) in [7, 11) is 0. The first-order valence-electron chi connectivity index (χ1n) is 7.59. The summed E-state index contributed by atoms with van der Waals surface area (Å²) in [6.45, 7) is 3.29. The lowest BCUT2D eigenvalue weighted by Gasteiger charge is -2.31. The Morgan fingerprint density at radius 1 is 1.00 bits per heavy atom. The summed E-state index contributed by atoms with van der Waals surface area (Å²) >= 11 is 0. The normalized spacial score (nSPS) is 16.5. The van der Waals surface area contributed by atoms with Gasteiger partial charge in [0.05, 0.1) is 0 Å². The van der Waals surface area contributed by atoms with Crippen molar-refractivity contribution in [2.45, 2.75) is 25.8 Å². The zero-order chi connectivity index (χ0) is 13.4. The number of para-hydroxylation sites is 1. The van der Waals surface area contributed by atoms with E-state index in [2.05, 4.69) is 52.7 Å². The van der Waals surface area contributed by atoms with E-state index in [0.29, 0.717) is 0 Å². The SMILES string of the molecule is c1ccc2c(c1)CCCN2Cc1ccc2c(c1)CCN2. The average Bonchev–Trinajstić information content (AvgIpc) is 2.95. The lowest BCUT2D eigenvalue weighted by atomic mass is 10.0. The Morgan fingerprint density at radius 2 is 1.95 bits per heavy atom. The van der Waals surface area contributed by atoms with E-state index in [1.54, 1.807) is 0 Å². The number of anilines is 2. The van der Waals surface area contributed by atoms with Crippen LogP contribution in [0.1, 0.15) is 23.1 Å². The van der Waals surface area contributed by atoms with Crippen LogP contribution in [-0.2, 0) is 19.4 Å². The lowest BCUT2D eigenvalue weighted by Crippen LogP contribution is -2.28. The van der Waals surface area contributed by atoms with Gasteiger partial charge in [-0.25, -0.2) is 0 Å². The maximum Gasteiger partial charge on any atom is 0.0429 e. The van der Waals surface area contributed by atoms with Gasteiger partial charge in [-0.2, -0.15) is 0 Å². The third kappa shape index (κ3) is 2.05. The maximum absolute atomic E-state index is 3.43. The number of fused-ring (bicyclic) bond motifs is 2. The quantitative estimate of drug-likeness (QED) is 0.891. The number of rotatable bonds is 2. The van der Waals surface area contributed by atoms with Crippen LogP contribution in [0, 0.1) is 0 Å². The highest BCUT2D eigenvalue weighted by atomic mass is 15.1. The molecule has 0 bridgehead atoms. The molecule has 2 aromatic rings. The van der Waals surface area contributed by atoms with Crippen molar-refractivity contribution in [1.82, 2.24) is 0 Å². The van der Waals surface area contributed by atoms with Gasteiger partial charge in [0, 0.05) is 31.0 Å². The summed E-state index contributed by atoms with van der Waals surface area (Å²) in [5, 5.41) is 3.43. The van der Waals surface area contributed by atoms with E-state index in [1.165, 1.54) is 53.9 Å². The molecule has 2 heteroatoms. The Kier molecular flexibility index (Phi) is 2.87. The van der Waals surface area contributed by atoms with Gasteiger partial charge in [-0.05, 0) is 48.1 Å². The number of aryl methyl sites for hydroxylation is 1. The van der Waals surface area contributed by atoms with Crippen molar-refractivity contribution in [3.63, 3.8) is 0 Å². The van der Waals surface area contributed by atoms with Gasteiger partial charge in [-0.3, -0.25) is 0 Å². The number of nitrogens with zero attached hydrogens (tertiary/aromatic N) is 1. The highest BCUT2D eigenvalue weighted by molar-refractivity contribution is 5.59. The molecule has 102 valence electrons. The van der Waals surface area contributed by atoms with Crippen LogP contribution in [0.4, 0.5) is 11.4 Å². The minimum Gasteiger partial charge on any atom is -0.384 e. The first-order chi connectivity index (χ1) is 9.90. The molecule has 2 nitrogen and oxygen atoms in total. The number of benzene rings is 2. The smallest absolute Gasteiger partial charge is 0.0429 e. The Balaban J connectivity index is 1.61. The van der Waals surface area contributed by atoms with Crippen molar-refractivity contribution >= 4 is 11.4 Å². The zero-order valence-electron chi connectivity index (χ0n) is 11.7. The van der Waals surface area contributed by atoms with Gasteiger partial charge < -0.3 is 10.2 Å². The molecule has 4 rings (SSSR count). The Labute approximate surface area is 120 Å². The predicted octanol–water partition coefficient (Wildman–Crippen LogP) is 3.61. The molecule has 0 atom stereocenters.